The molecule has 1 heterocycles. The molecule has 188 valence electrons. The number of rotatable bonds is 16. The molecule has 34 heavy (non-hydrogen) atoms. The maximum absolute atomic E-state index is 12.9. The van der Waals surface area contributed by atoms with E-state index in [4.69, 9.17) is 5.73 Å². The molecule has 5 unspecified atom stereocenters. The van der Waals surface area contributed by atoms with Gasteiger partial charge in [-0.1, -0.05) is 43.2 Å². The summed E-state index contributed by atoms with van der Waals surface area (Å²) in [7, 11) is 0. The van der Waals surface area contributed by atoms with Crippen LogP contribution in [0.1, 0.15) is 78.1 Å². The van der Waals surface area contributed by atoms with E-state index in [0.29, 0.717) is 48.7 Å². The lowest BCUT2D eigenvalue weighted by molar-refractivity contribution is -0.131. The summed E-state index contributed by atoms with van der Waals surface area (Å²) in [6.07, 6.45) is 10.8. The summed E-state index contributed by atoms with van der Waals surface area (Å²) in [5.41, 5.74) is 9.62. The third-order valence-electron chi connectivity index (χ3n) is 7.79. The summed E-state index contributed by atoms with van der Waals surface area (Å²) in [5.74, 6) is 2.78. The molecule has 0 aromatic heterocycles. The van der Waals surface area contributed by atoms with E-state index in [2.05, 4.69) is 26.2 Å². The maximum Gasteiger partial charge on any atom is 0.231 e. The van der Waals surface area contributed by atoms with Crippen LogP contribution in [-0.4, -0.2) is 40.0 Å². The summed E-state index contributed by atoms with van der Waals surface area (Å²) < 4.78 is 0. The highest BCUT2D eigenvalue weighted by Gasteiger charge is 2.57. The number of nitrogens with zero attached hydrogens (tertiary/aromatic N) is 1. The molecule has 2 fully saturated rings. The van der Waals surface area contributed by atoms with Crippen LogP contribution in [0.3, 0.4) is 0 Å². The standard InChI is InChI=1S/C28H42N2O3S/c1-18(10-11-23(32)17-25(29)34-14-12-20(3)31)9-7-5-6-8-13-30-21(4)26-24-16-22(15-19(24)2)27(26)28(30)33/h15,22,24-27H,1,4-14,16-17,29H2,2-3H3. The van der Waals surface area contributed by atoms with Gasteiger partial charge in [0.1, 0.15) is 11.6 Å². The van der Waals surface area contributed by atoms with Crippen LogP contribution < -0.4 is 5.73 Å². The average Bonchev–Trinajstić information content (AvgIpc) is 3.40. The Bertz CT molecular complexity index is 849. The van der Waals surface area contributed by atoms with Gasteiger partial charge in [0.2, 0.25) is 5.91 Å². The minimum Gasteiger partial charge on any atom is -0.319 e. The molecule has 1 aliphatic heterocycles. The summed E-state index contributed by atoms with van der Waals surface area (Å²) in [4.78, 5) is 38.0. The Morgan fingerprint density at radius 1 is 1.15 bits per heavy atom. The summed E-state index contributed by atoms with van der Waals surface area (Å²) in [6, 6.07) is 0. The number of hydrogen-bond donors (Lipinski definition) is 1. The van der Waals surface area contributed by atoms with Crippen molar-refractivity contribution in [1.82, 2.24) is 4.90 Å². The first-order valence-corrected chi connectivity index (χ1v) is 14.0. The lowest BCUT2D eigenvalue weighted by Crippen LogP contribution is -2.29. The van der Waals surface area contributed by atoms with Crippen molar-refractivity contribution in [2.45, 2.75) is 83.4 Å². The SMILES string of the molecule is C=C(CCCCCCN1C(=C)C2C3CC(C=C3C)C2C1=O)CCC(=O)CC(N)SCCC(C)=O. The molecule has 2 bridgehead atoms. The first-order valence-electron chi connectivity index (χ1n) is 12.9. The topological polar surface area (TPSA) is 80.5 Å². The van der Waals surface area contributed by atoms with E-state index in [1.54, 1.807) is 6.92 Å². The van der Waals surface area contributed by atoms with Crippen LogP contribution in [0, 0.1) is 23.7 Å². The lowest BCUT2D eigenvalue weighted by atomic mass is 9.81. The zero-order valence-corrected chi connectivity index (χ0v) is 21.8. The van der Waals surface area contributed by atoms with Gasteiger partial charge < -0.3 is 10.6 Å². The molecule has 0 radical (unpaired) electrons. The Morgan fingerprint density at radius 3 is 2.62 bits per heavy atom. The van der Waals surface area contributed by atoms with Gasteiger partial charge >= 0.3 is 0 Å². The highest BCUT2D eigenvalue weighted by molar-refractivity contribution is 7.99. The van der Waals surface area contributed by atoms with Gasteiger partial charge in [-0.05, 0) is 57.8 Å². The minimum absolute atomic E-state index is 0.152. The molecule has 2 aliphatic carbocycles. The molecule has 0 spiro atoms. The van der Waals surface area contributed by atoms with Crippen molar-refractivity contribution in [2.24, 2.45) is 29.4 Å². The van der Waals surface area contributed by atoms with E-state index in [-0.39, 0.29) is 22.9 Å². The monoisotopic (exact) mass is 486 g/mol. The Morgan fingerprint density at radius 2 is 1.88 bits per heavy atom. The van der Waals surface area contributed by atoms with E-state index in [9.17, 15) is 14.4 Å². The van der Waals surface area contributed by atoms with Gasteiger partial charge in [-0.2, -0.15) is 0 Å². The number of allylic oxidation sites excluding steroid dienone is 4. The lowest BCUT2D eigenvalue weighted by Gasteiger charge is -2.23. The molecule has 0 aromatic carbocycles. The molecule has 1 saturated heterocycles. The Balaban J connectivity index is 1.22. The fourth-order valence-corrected chi connectivity index (χ4v) is 6.93. The summed E-state index contributed by atoms with van der Waals surface area (Å²) in [5, 5.41) is -0.228. The van der Waals surface area contributed by atoms with Crippen molar-refractivity contribution in [2.75, 3.05) is 12.3 Å². The molecule has 0 aromatic rings. The van der Waals surface area contributed by atoms with Crippen LogP contribution >= 0.6 is 11.8 Å². The van der Waals surface area contributed by atoms with Crippen LogP contribution in [0.25, 0.3) is 0 Å². The second kappa shape index (κ2) is 12.3. The molecule has 5 nitrogen and oxygen atoms in total. The van der Waals surface area contributed by atoms with Crippen LogP contribution in [0.5, 0.6) is 0 Å². The number of amides is 1. The molecule has 1 amide bonds. The number of carbonyl (C=O) groups is 3. The molecule has 2 N–H and O–H groups in total. The first-order chi connectivity index (χ1) is 16.2. The normalized spacial score (nSPS) is 26.1. The summed E-state index contributed by atoms with van der Waals surface area (Å²) >= 11 is 1.49. The molecule has 3 rings (SSSR count). The predicted octanol–water partition coefficient (Wildman–Crippen LogP) is 5.41. The number of nitrogens with two attached hydrogens (primary N) is 1. The second-order valence-corrected chi connectivity index (χ2v) is 11.8. The molecule has 6 heteroatoms. The van der Waals surface area contributed by atoms with Crippen molar-refractivity contribution in [3.8, 4) is 0 Å². The van der Waals surface area contributed by atoms with Gasteiger partial charge in [-0.3, -0.25) is 14.4 Å². The smallest absolute Gasteiger partial charge is 0.231 e. The van der Waals surface area contributed by atoms with Gasteiger partial charge in [-0.25, -0.2) is 0 Å². The molecular weight excluding hydrogens is 444 g/mol. The Labute approximate surface area is 209 Å². The van der Waals surface area contributed by atoms with Crippen molar-refractivity contribution >= 4 is 29.2 Å². The van der Waals surface area contributed by atoms with E-state index in [0.717, 1.165) is 62.8 Å². The number of hydrogen-bond acceptors (Lipinski definition) is 5. The quantitative estimate of drug-likeness (QED) is 0.179. The number of ketones is 2. The number of carbonyl (C=O) groups excluding carboxylic acids is 3. The van der Waals surface area contributed by atoms with E-state index in [1.807, 2.05) is 4.90 Å². The minimum atomic E-state index is -0.228. The van der Waals surface area contributed by atoms with Gasteiger partial charge in [0.05, 0.1) is 11.3 Å². The first kappa shape index (κ1) is 26.9. The van der Waals surface area contributed by atoms with Gasteiger partial charge in [-0.15, -0.1) is 11.8 Å². The Kier molecular flexibility index (Phi) is 9.78. The number of Topliss-reactive ketones (excluding diaryl/α,β-unsaturated/α-hetero) is 2. The molecular formula is C28H42N2O3S. The van der Waals surface area contributed by atoms with Crippen molar-refractivity contribution in [3.05, 3.63) is 36.1 Å². The average molecular weight is 487 g/mol. The van der Waals surface area contributed by atoms with Crippen LogP contribution in [-0.2, 0) is 14.4 Å². The van der Waals surface area contributed by atoms with Crippen LogP contribution in [0.4, 0.5) is 0 Å². The van der Waals surface area contributed by atoms with E-state index in [1.165, 1.54) is 17.3 Å². The van der Waals surface area contributed by atoms with Crippen LogP contribution in [0.15, 0.2) is 36.1 Å². The number of unbranched alkanes of at least 4 members (excludes halogenated alkanes) is 3. The van der Waals surface area contributed by atoms with Gasteiger partial charge in [0, 0.05) is 43.2 Å². The fraction of sp³-hybridized carbons (Fsp3) is 0.679. The number of likely N-dealkylation sites (tertiary alicyclic amines) is 1. The molecule has 1 saturated carbocycles. The zero-order valence-electron chi connectivity index (χ0n) is 21.0. The van der Waals surface area contributed by atoms with Crippen molar-refractivity contribution < 1.29 is 14.4 Å². The van der Waals surface area contributed by atoms with E-state index < -0.39 is 0 Å². The van der Waals surface area contributed by atoms with Crippen LogP contribution in [0.2, 0.25) is 0 Å². The van der Waals surface area contributed by atoms with Gasteiger partial charge in [0.25, 0.3) is 0 Å². The third kappa shape index (κ3) is 6.72. The van der Waals surface area contributed by atoms with Crippen molar-refractivity contribution in [1.29, 1.82) is 0 Å². The van der Waals surface area contributed by atoms with Gasteiger partial charge in [0.15, 0.2) is 0 Å². The fourth-order valence-electron chi connectivity index (χ4n) is 5.92. The summed E-state index contributed by atoms with van der Waals surface area (Å²) in [6.45, 7) is 13.0. The second-order valence-electron chi connectivity index (χ2n) is 10.5. The largest absolute Gasteiger partial charge is 0.319 e. The highest BCUT2D eigenvalue weighted by Crippen LogP contribution is 2.58. The van der Waals surface area contributed by atoms with E-state index >= 15 is 0 Å². The maximum atomic E-state index is 12.9. The predicted molar refractivity (Wildman–Crippen MR) is 140 cm³/mol. The van der Waals surface area contributed by atoms with Crippen molar-refractivity contribution in [3.63, 3.8) is 0 Å². The number of thioether (sulfide) groups is 1. The molecule has 5 atom stereocenters. The molecule has 3 aliphatic rings. The highest BCUT2D eigenvalue weighted by atomic mass is 32.2. The number of fused-ring (bicyclic) bond motifs is 5. The third-order valence-corrected chi connectivity index (χ3v) is 8.82. The zero-order chi connectivity index (χ0) is 24.8. The Hall–Kier alpha value is -1.66.